The van der Waals surface area contributed by atoms with E-state index in [0.29, 0.717) is 13.0 Å². The number of ether oxygens (including phenoxy) is 1. The van der Waals surface area contributed by atoms with Gasteiger partial charge in [-0.25, -0.2) is 0 Å². The Balaban J connectivity index is 1.37. The lowest BCUT2D eigenvalue weighted by Gasteiger charge is -2.15. The van der Waals surface area contributed by atoms with E-state index in [1.165, 1.54) is 5.56 Å². The fraction of sp³-hybridized carbons (Fsp3) is 0.273. The summed E-state index contributed by atoms with van der Waals surface area (Å²) in [7, 11) is 2.06. The first-order chi connectivity index (χ1) is 13.6. The van der Waals surface area contributed by atoms with E-state index in [4.69, 9.17) is 4.74 Å². The quantitative estimate of drug-likeness (QED) is 0.702. The monoisotopic (exact) mass is 396 g/mol. The van der Waals surface area contributed by atoms with E-state index in [-0.39, 0.29) is 16.4 Å². The largest absolute Gasteiger partial charge is 0.492 e. The van der Waals surface area contributed by atoms with Crippen LogP contribution in [0.15, 0.2) is 60.7 Å². The topological polar surface area (TPSA) is 58.6 Å². The van der Waals surface area contributed by atoms with Gasteiger partial charge in [-0.1, -0.05) is 66.4 Å². The maximum absolute atomic E-state index is 11.6. The van der Waals surface area contributed by atoms with Crippen molar-refractivity contribution in [3.8, 4) is 5.75 Å². The zero-order valence-electron chi connectivity index (χ0n) is 15.8. The Bertz CT molecular complexity index is 821. The second-order valence-corrected chi connectivity index (χ2v) is 7.83. The van der Waals surface area contributed by atoms with Crippen molar-refractivity contribution in [2.24, 2.45) is 0 Å². The molecule has 1 fully saturated rings. The minimum absolute atomic E-state index is 0.209. The van der Waals surface area contributed by atoms with Crippen LogP contribution < -0.4 is 10.1 Å². The fourth-order valence-corrected chi connectivity index (χ4v) is 3.67. The third kappa shape index (κ3) is 6.25. The predicted molar refractivity (Wildman–Crippen MR) is 114 cm³/mol. The van der Waals surface area contributed by atoms with Gasteiger partial charge in [0.1, 0.15) is 12.4 Å². The number of hydrogen-bond acceptors (Lipinski definition) is 5. The van der Waals surface area contributed by atoms with Crippen LogP contribution in [0.3, 0.4) is 0 Å². The maximum atomic E-state index is 11.6. The SMILES string of the molecule is CN(CC=Cc1ccccc1)CCOc1ccc(CC2SC(=O)NC2=O)cc1. The number of nitrogens with zero attached hydrogens (tertiary/aromatic N) is 1. The van der Waals surface area contributed by atoms with E-state index in [2.05, 4.69) is 41.5 Å². The van der Waals surface area contributed by atoms with Gasteiger partial charge in [-0.05, 0) is 36.7 Å². The lowest BCUT2D eigenvalue weighted by molar-refractivity contribution is -0.118. The van der Waals surface area contributed by atoms with Crippen molar-refractivity contribution in [2.75, 3.05) is 26.7 Å². The predicted octanol–water partition coefficient (Wildman–Crippen LogP) is 3.60. The summed E-state index contributed by atoms with van der Waals surface area (Å²) in [4.78, 5) is 25.0. The number of carbonyl (C=O) groups is 2. The number of thioether (sulfide) groups is 1. The Hall–Kier alpha value is -2.57. The van der Waals surface area contributed by atoms with E-state index in [9.17, 15) is 9.59 Å². The summed E-state index contributed by atoms with van der Waals surface area (Å²) in [5.74, 6) is 0.594. The molecular weight excluding hydrogens is 372 g/mol. The van der Waals surface area contributed by atoms with Crippen LogP contribution in [0.25, 0.3) is 6.08 Å². The van der Waals surface area contributed by atoms with Gasteiger partial charge in [-0.2, -0.15) is 0 Å². The van der Waals surface area contributed by atoms with E-state index in [0.717, 1.165) is 36.2 Å². The summed E-state index contributed by atoms with van der Waals surface area (Å²) >= 11 is 1.05. The first kappa shape index (κ1) is 20.2. The zero-order chi connectivity index (χ0) is 19.8. The minimum atomic E-state index is -0.336. The average molecular weight is 397 g/mol. The van der Waals surface area contributed by atoms with Gasteiger partial charge in [-0.3, -0.25) is 19.8 Å². The van der Waals surface area contributed by atoms with Gasteiger partial charge in [0.05, 0.1) is 5.25 Å². The number of benzene rings is 2. The molecule has 2 aromatic rings. The number of rotatable bonds is 9. The summed E-state index contributed by atoms with van der Waals surface area (Å²) < 4.78 is 5.80. The molecule has 2 aromatic carbocycles. The van der Waals surface area contributed by atoms with Gasteiger partial charge >= 0.3 is 0 Å². The van der Waals surface area contributed by atoms with Gasteiger partial charge in [0.25, 0.3) is 5.24 Å². The number of likely N-dealkylation sites (N-methyl/N-ethyl adjacent to an activating group) is 1. The Morgan fingerprint density at radius 3 is 2.54 bits per heavy atom. The molecule has 2 amide bonds. The van der Waals surface area contributed by atoms with Crippen molar-refractivity contribution >= 4 is 29.0 Å². The highest BCUT2D eigenvalue weighted by Gasteiger charge is 2.31. The molecule has 146 valence electrons. The zero-order valence-corrected chi connectivity index (χ0v) is 16.7. The molecule has 0 aliphatic carbocycles. The molecule has 1 atom stereocenters. The molecule has 0 radical (unpaired) electrons. The highest BCUT2D eigenvalue weighted by atomic mass is 32.2. The highest BCUT2D eigenvalue weighted by Crippen LogP contribution is 2.23. The van der Waals surface area contributed by atoms with Crippen LogP contribution in [-0.4, -0.2) is 48.0 Å². The summed E-state index contributed by atoms with van der Waals surface area (Å²) in [5, 5.41) is 1.71. The lowest BCUT2D eigenvalue weighted by atomic mass is 10.1. The van der Waals surface area contributed by atoms with Gasteiger partial charge in [0, 0.05) is 13.1 Å². The molecule has 0 spiro atoms. The van der Waals surface area contributed by atoms with Crippen LogP contribution in [0.2, 0.25) is 0 Å². The second kappa shape index (κ2) is 10.1. The molecule has 5 nitrogen and oxygen atoms in total. The van der Waals surface area contributed by atoms with Crippen LogP contribution in [0.1, 0.15) is 11.1 Å². The van der Waals surface area contributed by atoms with E-state index in [1.807, 2.05) is 42.5 Å². The average Bonchev–Trinajstić information content (AvgIpc) is 3.01. The van der Waals surface area contributed by atoms with Crippen molar-refractivity contribution in [3.63, 3.8) is 0 Å². The second-order valence-electron chi connectivity index (χ2n) is 6.66. The van der Waals surface area contributed by atoms with Crippen molar-refractivity contribution in [3.05, 3.63) is 71.8 Å². The molecule has 0 bridgehead atoms. The Morgan fingerprint density at radius 2 is 1.86 bits per heavy atom. The summed E-state index contributed by atoms with van der Waals surface area (Å²) in [6, 6.07) is 17.9. The van der Waals surface area contributed by atoms with E-state index >= 15 is 0 Å². The van der Waals surface area contributed by atoms with Crippen molar-refractivity contribution in [1.82, 2.24) is 10.2 Å². The van der Waals surface area contributed by atoms with E-state index < -0.39 is 0 Å². The summed E-state index contributed by atoms with van der Waals surface area (Å²) in [6.07, 6.45) is 4.80. The molecule has 6 heteroatoms. The van der Waals surface area contributed by atoms with E-state index in [1.54, 1.807) is 0 Å². The highest BCUT2D eigenvalue weighted by molar-refractivity contribution is 8.15. The molecule has 1 heterocycles. The molecule has 3 rings (SSSR count). The molecule has 1 aliphatic heterocycles. The van der Waals surface area contributed by atoms with Crippen LogP contribution in [0.4, 0.5) is 4.79 Å². The molecule has 1 unspecified atom stereocenters. The smallest absolute Gasteiger partial charge is 0.286 e. The Morgan fingerprint density at radius 1 is 1.11 bits per heavy atom. The molecular formula is C22H24N2O3S. The van der Waals surface area contributed by atoms with Crippen LogP contribution >= 0.6 is 11.8 Å². The van der Waals surface area contributed by atoms with Crippen LogP contribution in [-0.2, 0) is 11.2 Å². The lowest BCUT2D eigenvalue weighted by Crippen LogP contribution is -2.25. The molecule has 1 saturated heterocycles. The van der Waals surface area contributed by atoms with Gasteiger partial charge < -0.3 is 4.74 Å². The van der Waals surface area contributed by atoms with Crippen molar-refractivity contribution in [2.45, 2.75) is 11.7 Å². The molecule has 28 heavy (non-hydrogen) atoms. The first-order valence-electron chi connectivity index (χ1n) is 9.23. The van der Waals surface area contributed by atoms with Gasteiger partial charge in [-0.15, -0.1) is 0 Å². The van der Waals surface area contributed by atoms with Gasteiger partial charge in [0.2, 0.25) is 5.91 Å². The first-order valence-corrected chi connectivity index (χ1v) is 10.1. The molecule has 0 saturated carbocycles. The fourth-order valence-electron chi connectivity index (χ4n) is 2.81. The maximum Gasteiger partial charge on any atom is 0.286 e. The number of hydrogen-bond donors (Lipinski definition) is 1. The summed E-state index contributed by atoms with van der Waals surface area (Å²) in [6.45, 7) is 2.28. The van der Waals surface area contributed by atoms with Crippen LogP contribution in [0.5, 0.6) is 5.75 Å². The molecule has 1 N–H and O–H groups in total. The minimum Gasteiger partial charge on any atom is -0.492 e. The van der Waals surface area contributed by atoms with Crippen molar-refractivity contribution < 1.29 is 14.3 Å². The number of nitrogens with one attached hydrogen (secondary N) is 1. The number of carbonyl (C=O) groups excluding carboxylic acids is 2. The van der Waals surface area contributed by atoms with Crippen LogP contribution in [0, 0.1) is 0 Å². The molecule has 1 aliphatic rings. The normalized spacial score (nSPS) is 16.7. The van der Waals surface area contributed by atoms with Gasteiger partial charge in [0.15, 0.2) is 0 Å². The number of imide groups is 1. The Kier molecular flexibility index (Phi) is 7.28. The third-order valence-corrected chi connectivity index (χ3v) is 5.36. The molecule has 0 aromatic heterocycles. The van der Waals surface area contributed by atoms with Crippen molar-refractivity contribution in [1.29, 1.82) is 0 Å². The Labute approximate surface area is 169 Å². The standard InChI is InChI=1S/C22H24N2O3S/c1-24(13-5-8-17-6-3-2-4-7-17)14-15-27-19-11-9-18(10-12-19)16-20-21(25)23-22(26)28-20/h2-12,20H,13-16H2,1H3,(H,23,25,26). The number of amides is 2. The summed E-state index contributed by atoms with van der Waals surface area (Å²) in [5.41, 5.74) is 2.21. The third-order valence-electron chi connectivity index (χ3n) is 4.38.